The van der Waals surface area contributed by atoms with E-state index in [-0.39, 0.29) is 11.4 Å². The van der Waals surface area contributed by atoms with Crippen molar-refractivity contribution in [1.82, 2.24) is 4.98 Å². The first-order valence-corrected chi connectivity index (χ1v) is 5.50. The fraction of sp³-hybridized carbons (Fsp3) is 0.143. The van der Waals surface area contributed by atoms with Crippen LogP contribution in [0.5, 0.6) is 0 Å². The van der Waals surface area contributed by atoms with Crippen LogP contribution in [0.25, 0.3) is 0 Å². The second-order valence-electron chi connectivity index (χ2n) is 4.10. The third kappa shape index (κ3) is 2.91. The predicted molar refractivity (Wildman–Crippen MR) is 65.1 cm³/mol. The summed E-state index contributed by atoms with van der Waals surface area (Å²) in [5.74, 6) is -1.29. The van der Waals surface area contributed by atoms with Crippen LogP contribution in [0.1, 0.15) is 27.3 Å². The van der Waals surface area contributed by atoms with E-state index in [0.29, 0.717) is 17.8 Å². The summed E-state index contributed by atoms with van der Waals surface area (Å²) >= 11 is 0. The van der Waals surface area contributed by atoms with Gasteiger partial charge >= 0.3 is 5.97 Å². The molecule has 1 aromatic carbocycles. The minimum Gasteiger partial charge on any atom is -0.478 e. The number of carbonyl (C=O) groups is 1. The Bertz CT molecular complexity index is 596. The minimum absolute atomic E-state index is 0.203. The van der Waals surface area contributed by atoms with E-state index in [1.807, 2.05) is 0 Å². The maximum absolute atomic E-state index is 13.0. The van der Waals surface area contributed by atoms with Gasteiger partial charge in [-0.15, -0.1) is 0 Å². The van der Waals surface area contributed by atoms with Gasteiger partial charge in [-0.2, -0.15) is 0 Å². The van der Waals surface area contributed by atoms with Crippen LogP contribution in [0.15, 0.2) is 36.4 Å². The Hall–Kier alpha value is -2.23. The van der Waals surface area contributed by atoms with Gasteiger partial charge in [0.15, 0.2) is 0 Å². The summed E-state index contributed by atoms with van der Waals surface area (Å²) in [6.07, 6.45) is 0.416. The second-order valence-corrected chi connectivity index (χ2v) is 4.10. The summed E-state index contributed by atoms with van der Waals surface area (Å²) < 4.78 is 13.0. The maximum Gasteiger partial charge on any atom is 0.335 e. The number of aromatic carboxylic acids is 1. The molecule has 1 N–H and O–H groups in total. The Morgan fingerprint density at radius 3 is 2.78 bits per heavy atom. The molecule has 0 saturated carbocycles. The van der Waals surface area contributed by atoms with Crippen molar-refractivity contribution >= 4 is 5.97 Å². The van der Waals surface area contributed by atoms with E-state index in [2.05, 4.69) is 4.98 Å². The van der Waals surface area contributed by atoms with Gasteiger partial charge in [-0.05, 0) is 36.8 Å². The number of carboxylic acid groups (broad SMARTS) is 1. The number of pyridine rings is 1. The summed E-state index contributed by atoms with van der Waals surface area (Å²) in [5.41, 5.74) is 2.23. The van der Waals surface area contributed by atoms with Crippen LogP contribution in [0, 0.1) is 12.7 Å². The molecule has 0 atom stereocenters. The van der Waals surface area contributed by atoms with E-state index < -0.39 is 5.97 Å². The number of hydrogen-bond acceptors (Lipinski definition) is 2. The zero-order chi connectivity index (χ0) is 13.1. The molecule has 0 bridgehead atoms. The molecule has 0 aliphatic carbocycles. The van der Waals surface area contributed by atoms with Crippen LogP contribution in [-0.2, 0) is 6.42 Å². The standard InChI is InChI=1S/C14H12FNO2/c1-9-5-11(14(17)18)8-13(16-9)7-10-3-2-4-12(15)6-10/h2-6,8H,7H2,1H3,(H,17,18). The van der Waals surface area contributed by atoms with Crippen LogP contribution in [0.2, 0.25) is 0 Å². The van der Waals surface area contributed by atoms with E-state index in [4.69, 9.17) is 5.11 Å². The Morgan fingerprint density at radius 1 is 1.33 bits per heavy atom. The molecule has 2 aromatic rings. The van der Waals surface area contributed by atoms with E-state index in [9.17, 15) is 9.18 Å². The molecule has 2 rings (SSSR count). The van der Waals surface area contributed by atoms with Crippen molar-refractivity contribution in [2.75, 3.05) is 0 Å². The quantitative estimate of drug-likeness (QED) is 0.904. The van der Waals surface area contributed by atoms with Gasteiger partial charge in [-0.1, -0.05) is 12.1 Å². The molecule has 0 unspecified atom stereocenters. The largest absolute Gasteiger partial charge is 0.478 e. The molecule has 0 fully saturated rings. The van der Waals surface area contributed by atoms with Gasteiger partial charge in [-0.25, -0.2) is 9.18 Å². The van der Waals surface area contributed by atoms with Crippen molar-refractivity contribution in [3.05, 3.63) is 64.7 Å². The van der Waals surface area contributed by atoms with Gasteiger partial charge in [0.05, 0.1) is 5.56 Å². The maximum atomic E-state index is 13.0. The zero-order valence-electron chi connectivity index (χ0n) is 9.85. The van der Waals surface area contributed by atoms with E-state index in [1.165, 1.54) is 24.3 Å². The highest BCUT2D eigenvalue weighted by atomic mass is 19.1. The number of nitrogens with zero attached hydrogens (tertiary/aromatic N) is 1. The molecule has 0 aliphatic rings. The number of rotatable bonds is 3. The van der Waals surface area contributed by atoms with Crippen LogP contribution in [0.3, 0.4) is 0 Å². The monoisotopic (exact) mass is 245 g/mol. The average molecular weight is 245 g/mol. The molecule has 0 saturated heterocycles. The fourth-order valence-corrected chi connectivity index (χ4v) is 1.81. The van der Waals surface area contributed by atoms with Gasteiger partial charge in [0.1, 0.15) is 5.82 Å². The average Bonchev–Trinajstić information content (AvgIpc) is 2.28. The molecule has 0 amide bonds. The summed E-state index contributed by atoms with van der Waals surface area (Å²) in [5, 5.41) is 8.96. The van der Waals surface area contributed by atoms with Crippen molar-refractivity contribution in [3.63, 3.8) is 0 Å². The van der Waals surface area contributed by atoms with E-state index in [1.54, 1.807) is 19.1 Å². The lowest BCUT2D eigenvalue weighted by molar-refractivity contribution is 0.0696. The number of carboxylic acids is 1. The van der Waals surface area contributed by atoms with Gasteiger partial charge in [0, 0.05) is 17.8 Å². The molecule has 3 nitrogen and oxygen atoms in total. The Morgan fingerprint density at radius 2 is 2.11 bits per heavy atom. The number of aromatic nitrogens is 1. The van der Waals surface area contributed by atoms with E-state index >= 15 is 0 Å². The van der Waals surface area contributed by atoms with Gasteiger partial charge in [0.2, 0.25) is 0 Å². The Balaban J connectivity index is 2.31. The van der Waals surface area contributed by atoms with E-state index in [0.717, 1.165) is 5.56 Å². The second kappa shape index (κ2) is 4.96. The van der Waals surface area contributed by atoms with Crippen LogP contribution >= 0.6 is 0 Å². The van der Waals surface area contributed by atoms with Crippen molar-refractivity contribution in [2.45, 2.75) is 13.3 Å². The topological polar surface area (TPSA) is 50.2 Å². The molecular formula is C14H12FNO2. The summed E-state index contributed by atoms with van der Waals surface area (Å²) in [7, 11) is 0. The summed E-state index contributed by atoms with van der Waals surface area (Å²) in [4.78, 5) is 15.2. The lowest BCUT2D eigenvalue weighted by atomic mass is 10.1. The van der Waals surface area contributed by atoms with Crippen molar-refractivity contribution in [1.29, 1.82) is 0 Å². The molecular weight excluding hydrogens is 233 g/mol. The Kier molecular flexibility index (Phi) is 3.37. The molecule has 1 heterocycles. The van der Waals surface area contributed by atoms with Crippen molar-refractivity contribution in [3.8, 4) is 0 Å². The molecule has 0 spiro atoms. The molecule has 18 heavy (non-hydrogen) atoms. The number of aryl methyl sites for hydroxylation is 1. The first-order valence-electron chi connectivity index (χ1n) is 5.50. The summed E-state index contributed by atoms with van der Waals surface area (Å²) in [6, 6.07) is 9.23. The molecule has 1 aromatic heterocycles. The highest BCUT2D eigenvalue weighted by Gasteiger charge is 2.07. The first-order chi connectivity index (χ1) is 8.54. The molecule has 92 valence electrons. The Labute approximate surface area is 104 Å². The lowest BCUT2D eigenvalue weighted by Crippen LogP contribution is -2.02. The number of halogens is 1. The number of hydrogen-bond donors (Lipinski definition) is 1. The molecule has 0 aliphatic heterocycles. The normalized spacial score (nSPS) is 10.3. The minimum atomic E-state index is -0.985. The van der Waals surface area contributed by atoms with Gasteiger partial charge in [0.25, 0.3) is 0 Å². The highest BCUT2D eigenvalue weighted by Crippen LogP contribution is 2.12. The molecule has 0 radical (unpaired) electrons. The number of benzene rings is 1. The third-order valence-corrected chi connectivity index (χ3v) is 2.53. The van der Waals surface area contributed by atoms with Gasteiger partial charge in [-0.3, -0.25) is 4.98 Å². The zero-order valence-corrected chi connectivity index (χ0v) is 9.85. The first kappa shape index (κ1) is 12.2. The SMILES string of the molecule is Cc1cc(C(=O)O)cc(Cc2cccc(F)c2)n1. The molecule has 4 heteroatoms. The van der Waals surface area contributed by atoms with Gasteiger partial charge < -0.3 is 5.11 Å². The predicted octanol–water partition coefficient (Wildman–Crippen LogP) is 2.82. The van der Waals surface area contributed by atoms with Crippen molar-refractivity contribution < 1.29 is 14.3 Å². The smallest absolute Gasteiger partial charge is 0.335 e. The lowest BCUT2D eigenvalue weighted by Gasteiger charge is -2.04. The van der Waals surface area contributed by atoms with Crippen LogP contribution in [0.4, 0.5) is 4.39 Å². The van der Waals surface area contributed by atoms with Crippen LogP contribution in [-0.4, -0.2) is 16.1 Å². The third-order valence-electron chi connectivity index (χ3n) is 2.53. The fourth-order valence-electron chi connectivity index (χ4n) is 1.81. The highest BCUT2D eigenvalue weighted by molar-refractivity contribution is 5.87. The van der Waals surface area contributed by atoms with Crippen LogP contribution < -0.4 is 0 Å². The van der Waals surface area contributed by atoms with Crippen molar-refractivity contribution in [2.24, 2.45) is 0 Å². The summed E-state index contributed by atoms with van der Waals surface area (Å²) in [6.45, 7) is 1.74.